The van der Waals surface area contributed by atoms with Crippen LogP contribution < -0.4 is 0 Å². The van der Waals surface area contributed by atoms with E-state index in [9.17, 15) is 14.0 Å². The molecular formula is C14H18ClFN2O3. The van der Waals surface area contributed by atoms with Crippen LogP contribution in [-0.2, 0) is 9.53 Å². The van der Waals surface area contributed by atoms with Gasteiger partial charge < -0.3 is 9.64 Å². The van der Waals surface area contributed by atoms with Gasteiger partial charge in [-0.15, -0.1) is 0 Å². The third-order valence-electron chi connectivity index (χ3n) is 2.53. The minimum atomic E-state index is -0.664. The third kappa shape index (κ3) is 5.30. The predicted octanol–water partition coefficient (Wildman–Crippen LogP) is 2.54. The zero-order valence-corrected chi connectivity index (χ0v) is 13.0. The first-order valence-electron chi connectivity index (χ1n) is 6.61. The summed E-state index contributed by atoms with van der Waals surface area (Å²) in [6.45, 7) is 5.82. The summed E-state index contributed by atoms with van der Waals surface area (Å²) >= 11 is 5.83. The number of esters is 1. The molecule has 1 rings (SSSR count). The minimum Gasteiger partial charge on any atom is -0.465 e. The lowest BCUT2D eigenvalue weighted by atomic mass is 10.1. The molecule has 0 radical (unpaired) electrons. The number of aromatic nitrogens is 1. The van der Waals surface area contributed by atoms with Crippen LogP contribution in [0.1, 0.15) is 31.1 Å². The molecule has 0 saturated carbocycles. The van der Waals surface area contributed by atoms with Crippen molar-refractivity contribution in [1.29, 1.82) is 0 Å². The fourth-order valence-electron chi connectivity index (χ4n) is 1.77. The monoisotopic (exact) mass is 316 g/mol. The Balaban J connectivity index is 2.98. The Labute approximate surface area is 128 Å². The summed E-state index contributed by atoms with van der Waals surface area (Å²) in [6, 6.07) is 1.01. The molecular weight excluding hydrogens is 299 g/mol. The van der Waals surface area contributed by atoms with Gasteiger partial charge in [0.2, 0.25) is 0 Å². The molecule has 5 nitrogen and oxygen atoms in total. The molecule has 0 aliphatic carbocycles. The molecule has 1 heterocycles. The maximum atomic E-state index is 13.2. The zero-order chi connectivity index (χ0) is 16.0. The van der Waals surface area contributed by atoms with Crippen LogP contribution in [0.15, 0.2) is 12.3 Å². The van der Waals surface area contributed by atoms with Gasteiger partial charge in [0.25, 0.3) is 5.91 Å². The Bertz CT molecular complexity index is 523. The van der Waals surface area contributed by atoms with Crippen molar-refractivity contribution >= 4 is 23.5 Å². The third-order valence-corrected chi connectivity index (χ3v) is 2.84. The van der Waals surface area contributed by atoms with Gasteiger partial charge in [0, 0.05) is 6.54 Å². The van der Waals surface area contributed by atoms with E-state index >= 15 is 0 Å². The molecule has 1 amide bonds. The van der Waals surface area contributed by atoms with Gasteiger partial charge in [-0.05, 0) is 18.9 Å². The van der Waals surface area contributed by atoms with Crippen LogP contribution in [0.2, 0.25) is 5.15 Å². The molecule has 0 unspecified atom stereocenters. The number of halogens is 2. The highest BCUT2D eigenvalue weighted by molar-refractivity contribution is 6.32. The normalized spacial score (nSPS) is 10.6. The van der Waals surface area contributed by atoms with Gasteiger partial charge in [0.15, 0.2) is 0 Å². The van der Waals surface area contributed by atoms with Crippen molar-refractivity contribution in [2.75, 3.05) is 19.7 Å². The van der Waals surface area contributed by atoms with Crippen LogP contribution >= 0.6 is 11.6 Å². The number of hydrogen-bond acceptors (Lipinski definition) is 4. The summed E-state index contributed by atoms with van der Waals surface area (Å²) in [5.41, 5.74) is -0.0679. The number of amides is 1. The summed E-state index contributed by atoms with van der Waals surface area (Å²) in [5, 5.41) is -0.0981. The molecule has 0 fully saturated rings. The molecule has 21 heavy (non-hydrogen) atoms. The van der Waals surface area contributed by atoms with E-state index in [1.165, 1.54) is 4.90 Å². The Morgan fingerprint density at radius 3 is 2.71 bits per heavy atom. The standard InChI is InChI=1S/C14H18ClFN2O3/c1-4-21-12(19)8-18(7-9(2)3)14(20)11-5-10(16)6-17-13(11)15/h5-6,9H,4,7-8H2,1-3H3. The molecule has 1 aromatic rings. The lowest BCUT2D eigenvalue weighted by Gasteiger charge is -2.23. The van der Waals surface area contributed by atoms with Crippen molar-refractivity contribution in [3.05, 3.63) is 28.8 Å². The Morgan fingerprint density at radius 1 is 1.48 bits per heavy atom. The maximum absolute atomic E-state index is 13.2. The lowest BCUT2D eigenvalue weighted by molar-refractivity contribution is -0.143. The van der Waals surface area contributed by atoms with Crippen LogP contribution in [0.25, 0.3) is 0 Å². The van der Waals surface area contributed by atoms with Gasteiger partial charge in [-0.25, -0.2) is 9.37 Å². The molecule has 116 valence electrons. The average molecular weight is 317 g/mol. The SMILES string of the molecule is CCOC(=O)CN(CC(C)C)C(=O)c1cc(F)cnc1Cl. The van der Waals surface area contributed by atoms with Crippen LogP contribution in [0, 0.1) is 11.7 Å². The highest BCUT2D eigenvalue weighted by atomic mass is 35.5. The van der Waals surface area contributed by atoms with Crippen molar-refractivity contribution in [2.45, 2.75) is 20.8 Å². The second-order valence-electron chi connectivity index (χ2n) is 4.88. The Hall–Kier alpha value is -1.69. The first-order valence-corrected chi connectivity index (χ1v) is 6.98. The van der Waals surface area contributed by atoms with Gasteiger partial charge in [-0.3, -0.25) is 9.59 Å². The first-order chi connectivity index (χ1) is 9.85. The van der Waals surface area contributed by atoms with E-state index in [0.29, 0.717) is 6.54 Å². The second-order valence-corrected chi connectivity index (χ2v) is 5.23. The van der Waals surface area contributed by atoms with Gasteiger partial charge >= 0.3 is 5.97 Å². The lowest BCUT2D eigenvalue weighted by Crippen LogP contribution is -2.39. The molecule has 0 saturated heterocycles. The van der Waals surface area contributed by atoms with Crippen molar-refractivity contribution in [1.82, 2.24) is 9.88 Å². The molecule has 0 spiro atoms. The minimum absolute atomic E-state index is 0.0679. The van der Waals surface area contributed by atoms with Crippen LogP contribution in [0.4, 0.5) is 4.39 Å². The van der Waals surface area contributed by atoms with E-state index in [4.69, 9.17) is 16.3 Å². The zero-order valence-electron chi connectivity index (χ0n) is 12.2. The van der Waals surface area contributed by atoms with Crippen LogP contribution in [-0.4, -0.2) is 41.5 Å². The molecule has 0 N–H and O–H groups in total. The summed E-state index contributed by atoms with van der Waals surface area (Å²) in [4.78, 5) is 28.9. The molecule has 1 aromatic heterocycles. The quantitative estimate of drug-likeness (QED) is 0.598. The molecule has 0 bridgehead atoms. The number of hydrogen-bond donors (Lipinski definition) is 0. The largest absolute Gasteiger partial charge is 0.465 e. The fraction of sp³-hybridized carbons (Fsp3) is 0.500. The number of rotatable bonds is 6. The first kappa shape index (κ1) is 17.4. The van der Waals surface area contributed by atoms with E-state index < -0.39 is 17.7 Å². The number of pyridine rings is 1. The summed E-state index contributed by atoms with van der Waals surface area (Å²) in [5.74, 6) is -1.60. The Kier molecular flexibility index (Phi) is 6.55. The number of carbonyl (C=O) groups excluding carboxylic acids is 2. The van der Waals surface area contributed by atoms with Gasteiger partial charge in [0.1, 0.15) is 17.5 Å². The number of carbonyl (C=O) groups is 2. The van der Waals surface area contributed by atoms with Crippen LogP contribution in [0.5, 0.6) is 0 Å². The molecule has 0 aliphatic heterocycles. The fourth-order valence-corrected chi connectivity index (χ4v) is 1.95. The summed E-state index contributed by atoms with van der Waals surface area (Å²) < 4.78 is 18.1. The number of nitrogens with zero attached hydrogens (tertiary/aromatic N) is 2. The maximum Gasteiger partial charge on any atom is 0.325 e. The van der Waals surface area contributed by atoms with Gasteiger partial charge in [-0.2, -0.15) is 0 Å². The van der Waals surface area contributed by atoms with Gasteiger partial charge in [-0.1, -0.05) is 25.4 Å². The Morgan fingerprint density at radius 2 is 2.14 bits per heavy atom. The van der Waals surface area contributed by atoms with E-state index in [1.54, 1.807) is 6.92 Å². The number of ether oxygens (including phenoxy) is 1. The van der Waals surface area contributed by atoms with Crippen molar-refractivity contribution in [3.8, 4) is 0 Å². The smallest absolute Gasteiger partial charge is 0.325 e. The summed E-state index contributed by atoms with van der Waals surface area (Å²) in [7, 11) is 0. The van der Waals surface area contributed by atoms with Gasteiger partial charge in [0.05, 0.1) is 18.4 Å². The van der Waals surface area contributed by atoms with Crippen LogP contribution in [0.3, 0.4) is 0 Å². The highest BCUT2D eigenvalue weighted by Gasteiger charge is 2.23. The van der Waals surface area contributed by atoms with E-state index in [-0.39, 0.29) is 29.8 Å². The van der Waals surface area contributed by atoms with Crippen molar-refractivity contribution < 1.29 is 18.7 Å². The van der Waals surface area contributed by atoms with Crippen molar-refractivity contribution in [2.24, 2.45) is 5.92 Å². The van der Waals surface area contributed by atoms with E-state index in [2.05, 4.69) is 4.98 Å². The highest BCUT2D eigenvalue weighted by Crippen LogP contribution is 2.17. The molecule has 0 atom stereocenters. The second kappa shape index (κ2) is 7.93. The topological polar surface area (TPSA) is 59.5 Å². The molecule has 0 aliphatic rings. The van der Waals surface area contributed by atoms with Crippen molar-refractivity contribution in [3.63, 3.8) is 0 Å². The molecule has 0 aromatic carbocycles. The predicted molar refractivity (Wildman–Crippen MR) is 76.6 cm³/mol. The average Bonchev–Trinajstić information content (AvgIpc) is 2.39. The molecule has 7 heteroatoms. The summed E-state index contributed by atoms with van der Waals surface area (Å²) in [6.07, 6.45) is 0.928. The van der Waals surface area contributed by atoms with E-state index in [0.717, 1.165) is 12.3 Å². The van der Waals surface area contributed by atoms with E-state index in [1.807, 2.05) is 13.8 Å².